The van der Waals surface area contributed by atoms with Crippen LogP contribution in [0.3, 0.4) is 0 Å². The average molecular weight is 434 g/mol. The Hall–Kier alpha value is -2.99. The van der Waals surface area contributed by atoms with Crippen molar-refractivity contribution in [3.8, 4) is 0 Å². The van der Waals surface area contributed by atoms with Crippen molar-refractivity contribution in [1.82, 2.24) is 15.2 Å². The molecule has 31 heavy (non-hydrogen) atoms. The Kier molecular flexibility index (Phi) is 7.10. The van der Waals surface area contributed by atoms with Crippen LogP contribution in [0.25, 0.3) is 0 Å². The minimum atomic E-state index is -0.0236. The number of nitrogens with zero attached hydrogens (tertiary/aromatic N) is 2. The van der Waals surface area contributed by atoms with E-state index in [1.807, 2.05) is 58.8 Å². The fraction of sp³-hybridized carbons (Fsp3) is 0.320. The van der Waals surface area contributed by atoms with Crippen molar-refractivity contribution in [1.29, 1.82) is 0 Å². The Bertz CT molecular complexity index is 996. The fourth-order valence-corrected chi connectivity index (χ4v) is 4.70. The second-order valence-corrected chi connectivity index (χ2v) is 8.87. The second-order valence-electron chi connectivity index (χ2n) is 7.93. The number of rotatable bonds is 7. The number of carbonyl (C=O) groups excluding carboxylic acids is 2. The Labute approximate surface area is 187 Å². The van der Waals surface area contributed by atoms with Crippen molar-refractivity contribution in [3.63, 3.8) is 0 Å². The molecular weight excluding hydrogens is 406 g/mol. The van der Waals surface area contributed by atoms with Gasteiger partial charge in [0.2, 0.25) is 11.8 Å². The summed E-state index contributed by atoms with van der Waals surface area (Å²) in [6, 6.07) is 20.2. The standard InChI is InChI=1S/C25H27N3O2S/c29-24(16-22-18-31-23(27-22)15-19-7-3-1-4-8-19)28-13-11-21(12-14-28)25(30)26-17-20-9-5-2-6-10-20/h1-10,18,21H,11-17H2,(H,26,30). The summed E-state index contributed by atoms with van der Waals surface area (Å²) in [7, 11) is 0. The van der Waals surface area contributed by atoms with Crippen LogP contribution in [0, 0.1) is 5.92 Å². The minimum absolute atomic E-state index is 0.0236. The van der Waals surface area contributed by atoms with Gasteiger partial charge in [0.1, 0.15) is 0 Å². The fourth-order valence-electron chi connectivity index (χ4n) is 3.87. The van der Waals surface area contributed by atoms with Crippen LogP contribution < -0.4 is 5.32 Å². The van der Waals surface area contributed by atoms with Gasteiger partial charge in [-0.3, -0.25) is 9.59 Å². The van der Waals surface area contributed by atoms with Gasteiger partial charge in [0.15, 0.2) is 0 Å². The maximum absolute atomic E-state index is 12.7. The van der Waals surface area contributed by atoms with E-state index in [1.165, 1.54) is 5.56 Å². The first kappa shape index (κ1) is 21.2. The number of hydrogen-bond donors (Lipinski definition) is 1. The Morgan fingerprint density at radius 3 is 2.29 bits per heavy atom. The van der Waals surface area contributed by atoms with E-state index in [0.717, 1.165) is 22.7 Å². The van der Waals surface area contributed by atoms with Crippen LogP contribution in [0.1, 0.15) is 34.7 Å². The van der Waals surface area contributed by atoms with Crippen molar-refractivity contribution >= 4 is 23.2 Å². The molecule has 4 rings (SSSR count). The van der Waals surface area contributed by atoms with Crippen molar-refractivity contribution < 1.29 is 9.59 Å². The molecule has 2 heterocycles. The molecule has 0 unspecified atom stereocenters. The van der Waals surface area contributed by atoms with Gasteiger partial charge in [-0.25, -0.2) is 4.98 Å². The first-order chi connectivity index (χ1) is 15.2. The molecule has 1 aliphatic rings. The molecular formula is C25H27N3O2S. The molecule has 1 saturated heterocycles. The molecule has 1 N–H and O–H groups in total. The molecule has 0 saturated carbocycles. The summed E-state index contributed by atoms with van der Waals surface area (Å²) in [5, 5.41) is 6.04. The number of hydrogen-bond acceptors (Lipinski definition) is 4. The molecule has 2 amide bonds. The number of carbonyl (C=O) groups is 2. The lowest BCUT2D eigenvalue weighted by Gasteiger charge is -2.31. The summed E-state index contributed by atoms with van der Waals surface area (Å²) >= 11 is 1.61. The summed E-state index contributed by atoms with van der Waals surface area (Å²) < 4.78 is 0. The number of aromatic nitrogens is 1. The van der Waals surface area contributed by atoms with Crippen LogP contribution >= 0.6 is 11.3 Å². The van der Waals surface area contributed by atoms with Crippen LogP contribution in [-0.4, -0.2) is 34.8 Å². The van der Waals surface area contributed by atoms with Crippen LogP contribution in [0.5, 0.6) is 0 Å². The molecule has 0 bridgehead atoms. The summed E-state index contributed by atoms with van der Waals surface area (Å²) in [4.78, 5) is 31.7. The van der Waals surface area contributed by atoms with Crippen molar-refractivity contribution in [3.05, 3.63) is 87.9 Å². The first-order valence-electron chi connectivity index (χ1n) is 10.7. The van der Waals surface area contributed by atoms with Gasteiger partial charge < -0.3 is 10.2 Å². The van der Waals surface area contributed by atoms with Gasteiger partial charge in [-0.1, -0.05) is 60.7 Å². The van der Waals surface area contributed by atoms with Gasteiger partial charge >= 0.3 is 0 Å². The molecule has 1 fully saturated rings. The lowest BCUT2D eigenvalue weighted by atomic mass is 9.95. The summed E-state index contributed by atoms with van der Waals surface area (Å²) in [6.45, 7) is 1.81. The van der Waals surface area contributed by atoms with Crippen molar-refractivity contribution in [2.24, 2.45) is 5.92 Å². The topological polar surface area (TPSA) is 62.3 Å². The van der Waals surface area contributed by atoms with Crippen molar-refractivity contribution in [2.45, 2.75) is 32.2 Å². The molecule has 1 aliphatic heterocycles. The van der Waals surface area contributed by atoms with Crippen LogP contribution in [-0.2, 0) is 29.0 Å². The lowest BCUT2D eigenvalue weighted by molar-refractivity contribution is -0.135. The monoisotopic (exact) mass is 433 g/mol. The molecule has 0 aliphatic carbocycles. The predicted molar refractivity (Wildman–Crippen MR) is 123 cm³/mol. The third kappa shape index (κ3) is 6.01. The van der Waals surface area contributed by atoms with Gasteiger partial charge in [0, 0.05) is 37.4 Å². The number of piperidine rings is 1. The largest absolute Gasteiger partial charge is 0.352 e. The van der Waals surface area contributed by atoms with Crippen LogP contribution in [0.15, 0.2) is 66.0 Å². The van der Waals surface area contributed by atoms with E-state index in [2.05, 4.69) is 22.4 Å². The number of benzene rings is 2. The summed E-state index contributed by atoms with van der Waals surface area (Å²) in [6.07, 6.45) is 2.55. The molecule has 6 heteroatoms. The third-order valence-corrected chi connectivity index (χ3v) is 6.56. The van der Waals surface area contributed by atoms with Gasteiger partial charge in [-0.15, -0.1) is 11.3 Å². The maximum Gasteiger partial charge on any atom is 0.228 e. The third-order valence-electron chi connectivity index (χ3n) is 5.66. The van der Waals surface area contributed by atoms with E-state index in [-0.39, 0.29) is 17.7 Å². The normalized spacial score (nSPS) is 14.4. The number of thiazole rings is 1. The lowest BCUT2D eigenvalue weighted by Crippen LogP contribution is -2.43. The highest BCUT2D eigenvalue weighted by Gasteiger charge is 2.27. The Morgan fingerprint density at radius 1 is 0.968 bits per heavy atom. The number of likely N-dealkylation sites (tertiary alicyclic amines) is 1. The van der Waals surface area contributed by atoms with E-state index < -0.39 is 0 Å². The Morgan fingerprint density at radius 2 is 1.61 bits per heavy atom. The molecule has 160 valence electrons. The first-order valence-corrected chi connectivity index (χ1v) is 11.6. The van der Waals surface area contributed by atoms with E-state index in [1.54, 1.807) is 11.3 Å². The molecule has 0 radical (unpaired) electrons. The molecule has 3 aromatic rings. The number of nitrogens with one attached hydrogen (secondary N) is 1. The van der Waals surface area contributed by atoms with Gasteiger partial charge in [0.05, 0.1) is 17.1 Å². The van der Waals surface area contributed by atoms with Crippen LogP contribution in [0.2, 0.25) is 0 Å². The number of amides is 2. The molecule has 0 spiro atoms. The molecule has 2 aromatic carbocycles. The van der Waals surface area contributed by atoms with E-state index in [0.29, 0.717) is 38.9 Å². The zero-order valence-electron chi connectivity index (χ0n) is 17.5. The predicted octanol–water partition coefficient (Wildman–Crippen LogP) is 3.83. The van der Waals surface area contributed by atoms with Crippen LogP contribution in [0.4, 0.5) is 0 Å². The summed E-state index contributed by atoms with van der Waals surface area (Å²) in [5.41, 5.74) is 3.16. The zero-order valence-corrected chi connectivity index (χ0v) is 18.3. The zero-order chi connectivity index (χ0) is 21.5. The SMILES string of the molecule is O=C(NCc1ccccc1)C1CCN(C(=O)Cc2csc(Cc3ccccc3)n2)CC1. The molecule has 5 nitrogen and oxygen atoms in total. The minimum Gasteiger partial charge on any atom is -0.352 e. The van der Waals surface area contributed by atoms with Gasteiger partial charge in [0.25, 0.3) is 0 Å². The quantitative estimate of drug-likeness (QED) is 0.616. The second kappa shape index (κ2) is 10.4. The van der Waals surface area contributed by atoms with Crippen molar-refractivity contribution in [2.75, 3.05) is 13.1 Å². The van der Waals surface area contributed by atoms with Gasteiger partial charge in [-0.2, -0.15) is 0 Å². The van der Waals surface area contributed by atoms with E-state index in [9.17, 15) is 9.59 Å². The maximum atomic E-state index is 12.7. The highest BCUT2D eigenvalue weighted by atomic mass is 32.1. The Balaban J connectivity index is 1.22. The van der Waals surface area contributed by atoms with E-state index in [4.69, 9.17) is 0 Å². The molecule has 0 atom stereocenters. The van der Waals surface area contributed by atoms with E-state index >= 15 is 0 Å². The molecule has 1 aromatic heterocycles. The highest BCUT2D eigenvalue weighted by molar-refractivity contribution is 7.09. The highest BCUT2D eigenvalue weighted by Crippen LogP contribution is 2.20. The average Bonchev–Trinajstić information content (AvgIpc) is 3.25. The summed E-state index contributed by atoms with van der Waals surface area (Å²) in [5.74, 6) is 0.158. The smallest absolute Gasteiger partial charge is 0.228 e. The van der Waals surface area contributed by atoms with Gasteiger partial charge in [-0.05, 0) is 24.0 Å².